The Morgan fingerprint density at radius 2 is 1.85 bits per heavy atom. The number of imidazole rings is 1. The lowest BCUT2D eigenvalue weighted by Crippen LogP contribution is -2.52. The molecule has 2 fully saturated rings. The number of nitrogens with one attached hydrogen (secondary N) is 1. The molecule has 0 bridgehead atoms. The highest BCUT2D eigenvalue weighted by Crippen LogP contribution is 2.37. The van der Waals surface area contributed by atoms with Gasteiger partial charge in [-0.15, -0.1) is 0 Å². The number of hydrogen-bond acceptors (Lipinski definition) is 3. The summed E-state index contributed by atoms with van der Waals surface area (Å²) in [5.41, 5.74) is 3.54. The molecule has 4 rings (SSSR count). The van der Waals surface area contributed by atoms with Crippen LogP contribution in [0.1, 0.15) is 57.1 Å². The number of H-pyrrole nitrogens is 1. The minimum Gasteiger partial charge on any atom is -0.381 e. The van der Waals surface area contributed by atoms with Crippen LogP contribution in [0.2, 0.25) is 0 Å². The molecule has 2 aliphatic rings. The van der Waals surface area contributed by atoms with Crippen molar-refractivity contribution in [2.24, 2.45) is 0 Å². The third-order valence-corrected chi connectivity index (χ3v) is 6.81. The number of aryl methyl sites for hydroxylation is 1. The van der Waals surface area contributed by atoms with Crippen molar-refractivity contribution in [3.05, 3.63) is 34.2 Å². The predicted octanol–water partition coefficient (Wildman–Crippen LogP) is 3.62. The van der Waals surface area contributed by atoms with Crippen molar-refractivity contribution in [1.82, 2.24) is 14.5 Å². The SMILES string of the molecule is COC1CCC(C)(N2CCC(n3c(=O)[nH]c4ccc(C)cc43)CC2)CC1. The molecular formula is C21H31N3O2. The fraction of sp³-hybridized carbons (Fsp3) is 0.667. The molecular weight excluding hydrogens is 326 g/mol. The van der Waals surface area contributed by atoms with Crippen LogP contribution in [-0.2, 0) is 4.74 Å². The van der Waals surface area contributed by atoms with E-state index in [1.807, 2.05) is 17.7 Å². The van der Waals surface area contributed by atoms with Gasteiger partial charge in [-0.3, -0.25) is 9.47 Å². The van der Waals surface area contributed by atoms with Crippen LogP contribution in [0.15, 0.2) is 23.0 Å². The van der Waals surface area contributed by atoms with Gasteiger partial charge < -0.3 is 9.72 Å². The molecule has 1 aromatic carbocycles. The molecule has 0 unspecified atom stereocenters. The zero-order valence-electron chi connectivity index (χ0n) is 16.3. The maximum atomic E-state index is 12.5. The highest BCUT2D eigenvalue weighted by Gasteiger charge is 2.38. The third-order valence-electron chi connectivity index (χ3n) is 6.81. The topological polar surface area (TPSA) is 50.3 Å². The van der Waals surface area contributed by atoms with Crippen LogP contribution in [0.25, 0.3) is 11.0 Å². The summed E-state index contributed by atoms with van der Waals surface area (Å²) >= 11 is 0. The number of likely N-dealkylation sites (tertiary alicyclic amines) is 1. The fourth-order valence-electron chi connectivity index (χ4n) is 5.02. The quantitative estimate of drug-likeness (QED) is 0.913. The van der Waals surface area contributed by atoms with Gasteiger partial charge in [0.25, 0.3) is 0 Å². The molecule has 142 valence electrons. The molecule has 2 heterocycles. The molecule has 5 heteroatoms. The molecule has 0 atom stereocenters. The minimum absolute atomic E-state index is 0.0378. The van der Waals surface area contributed by atoms with Crippen molar-refractivity contribution < 1.29 is 4.74 Å². The van der Waals surface area contributed by atoms with Gasteiger partial charge in [-0.2, -0.15) is 0 Å². The fourth-order valence-corrected chi connectivity index (χ4v) is 5.02. The summed E-state index contributed by atoms with van der Waals surface area (Å²) in [6, 6.07) is 6.51. The van der Waals surface area contributed by atoms with E-state index < -0.39 is 0 Å². The molecule has 1 saturated heterocycles. The van der Waals surface area contributed by atoms with Gasteiger partial charge in [0.1, 0.15) is 0 Å². The van der Waals surface area contributed by atoms with Crippen LogP contribution in [0.5, 0.6) is 0 Å². The van der Waals surface area contributed by atoms with Crippen molar-refractivity contribution >= 4 is 11.0 Å². The minimum atomic E-state index is 0.0378. The third kappa shape index (κ3) is 3.12. The number of piperidine rings is 1. The first-order valence-electron chi connectivity index (χ1n) is 9.99. The molecule has 0 spiro atoms. The Morgan fingerprint density at radius 1 is 1.15 bits per heavy atom. The van der Waals surface area contributed by atoms with E-state index in [0.717, 1.165) is 49.8 Å². The molecule has 0 amide bonds. The first kappa shape index (κ1) is 17.8. The molecule has 1 saturated carbocycles. The maximum absolute atomic E-state index is 12.5. The van der Waals surface area contributed by atoms with Gasteiger partial charge >= 0.3 is 5.69 Å². The maximum Gasteiger partial charge on any atom is 0.326 e. The highest BCUT2D eigenvalue weighted by atomic mass is 16.5. The number of methoxy groups -OCH3 is 1. The van der Waals surface area contributed by atoms with Crippen LogP contribution >= 0.6 is 0 Å². The van der Waals surface area contributed by atoms with E-state index in [4.69, 9.17) is 4.74 Å². The van der Waals surface area contributed by atoms with Crippen molar-refractivity contribution in [2.75, 3.05) is 20.2 Å². The van der Waals surface area contributed by atoms with Crippen molar-refractivity contribution in [3.8, 4) is 0 Å². The van der Waals surface area contributed by atoms with Crippen LogP contribution in [0.3, 0.4) is 0 Å². The van der Waals surface area contributed by atoms with Crippen LogP contribution < -0.4 is 5.69 Å². The Morgan fingerprint density at radius 3 is 2.50 bits per heavy atom. The monoisotopic (exact) mass is 357 g/mol. The average Bonchev–Trinajstić information content (AvgIpc) is 2.97. The van der Waals surface area contributed by atoms with Gasteiger partial charge in [-0.05, 0) is 70.1 Å². The zero-order chi connectivity index (χ0) is 18.3. The first-order valence-corrected chi connectivity index (χ1v) is 9.99. The number of ether oxygens (including phenoxy) is 1. The number of nitrogens with zero attached hydrogens (tertiary/aromatic N) is 2. The van der Waals surface area contributed by atoms with Gasteiger partial charge in [0.15, 0.2) is 0 Å². The summed E-state index contributed by atoms with van der Waals surface area (Å²) in [4.78, 5) is 18.2. The van der Waals surface area contributed by atoms with E-state index in [1.54, 1.807) is 0 Å². The summed E-state index contributed by atoms with van der Waals surface area (Å²) in [7, 11) is 1.83. The molecule has 1 aliphatic carbocycles. The van der Waals surface area contributed by atoms with E-state index in [-0.39, 0.29) is 5.69 Å². The molecule has 1 aliphatic heterocycles. The second-order valence-corrected chi connectivity index (χ2v) is 8.47. The molecule has 1 aromatic heterocycles. The Bertz CT molecular complexity index is 821. The lowest BCUT2D eigenvalue weighted by atomic mass is 9.79. The first-order chi connectivity index (χ1) is 12.5. The molecule has 26 heavy (non-hydrogen) atoms. The lowest BCUT2D eigenvalue weighted by Gasteiger charge is -2.48. The zero-order valence-corrected chi connectivity index (χ0v) is 16.3. The highest BCUT2D eigenvalue weighted by molar-refractivity contribution is 5.76. The summed E-state index contributed by atoms with van der Waals surface area (Å²) in [6.45, 7) is 6.65. The molecule has 1 N–H and O–H groups in total. The molecule has 0 radical (unpaired) electrons. The largest absolute Gasteiger partial charge is 0.381 e. The second-order valence-electron chi connectivity index (χ2n) is 8.47. The Hall–Kier alpha value is -1.59. The van der Waals surface area contributed by atoms with Crippen LogP contribution in [0.4, 0.5) is 0 Å². The van der Waals surface area contributed by atoms with Gasteiger partial charge in [-0.25, -0.2) is 4.79 Å². The van der Waals surface area contributed by atoms with Gasteiger partial charge in [-0.1, -0.05) is 6.07 Å². The van der Waals surface area contributed by atoms with E-state index >= 15 is 0 Å². The second kappa shape index (κ2) is 6.86. The van der Waals surface area contributed by atoms with Crippen molar-refractivity contribution in [2.45, 2.75) is 70.1 Å². The summed E-state index contributed by atoms with van der Waals surface area (Å²) in [5.74, 6) is 0. The standard InChI is InChI=1S/C21H31N3O2/c1-15-4-5-18-19(14-15)24(20(25)22-18)16-8-12-23(13-9-16)21(2)10-6-17(26-3)7-11-21/h4-5,14,16-17H,6-13H2,1-3H3,(H,22,25). The van der Waals surface area contributed by atoms with Gasteiger partial charge in [0, 0.05) is 31.8 Å². The molecule has 5 nitrogen and oxygen atoms in total. The van der Waals surface area contributed by atoms with Gasteiger partial charge in [0.05, 0.1) is 17.1 Å². The Kier molecular flexibility index (Phi) is 4.70. The van der Waals surface area contributed by atoms with E-state index in [1.165, 1.54) is 18.4 Å². The number of hydrogen-bond donors (Lipinski definition) is 1. The molecule has 2 aromatic rings. The number of benzene rings is 1. The number of fused-ring (bicyclic) bond motifs is 1. The van der Waals surface area contributed by atoms with Crippen LogP contribution in [0, 0.1) is 6.92 Å². The van der Waals surface area contributed by atoms with E-state index in [9.17, 15) is 4.79 Å². The van der Waals surface area contributed by atoms with Crippen LogP contribution in [-0.4, -0.2) is 46.3 Å². The van der Waals surface area contributed by atoms with Crippen molar-refractivity contribution in [1.29, 1.82) is 0 Å². The average molecular weight is 357 g/mol. The number of aromatic nitrogens is 2. The predicted molar refractivity (Wildman–Crippen MR) is 105 cm³/mol. The Labute approximate surface area is 155 Å². The smallest absolute Gasteiger partial charge is 0.326 e. The normalized spacial score (nSPS) is 28.7. The summed E-state index contributed by atoms with van der Waals surface area (Å²) < 4.78 is 7.55. The van der Waals surface area contributed by atoms with Gasteiger partial charge in [0.2, 0.25) is 0 Å². The summed E-state index contributed by atoms with van der Waals surface area (Å²) in [5, 5.41) is 0. The Balaban J connectivity index is 1.48. The van der Waals surface area contributed by atoms with Crippen molar-refractivity contribution in [3.63, 3.8) is 0 Å². The van der Waals surface area contributed by atoms with E-state index in [2.05, 4.69) is 35.9 Å². The summed E-state index contributed by atoms with van der Waals surface area (Å²) in [6.07, 6.45) is 7.27. The lowest BCUT2D eigenvalue weighted by molar-refractivity contribution is -0.0146. The number of aromatic amines is 1. The van der Waals surface area contributed by atoms with E-state index in [0.29, 0.717) is 17.7 Å². The number of rotatable bonds is 3.